The fourth-order valence-corrected chi connectivity index (χ4v) is 3.35. The van der Waals surface area contributed by atoms with Gasteiger partial charge in [0.15, 0.2) is 5.89 Å². The molecule has 0 radical (unpaired) electrons. The molecule has 27 heavy (non-hydrogen) atoms. The summed E-state index contributed by atoms with van der Waals surface area (Å²) in [6.45, 7) is 2.70. The van der Waals surface area contributed by atoms with Crippen LogP contribution in [-0.2, 0) is 16.0 Å². The third-order valence-corrected chi connectivity index (χ3v) is 4.74. The highest BCUT2D eigenvalue weighted by Crippen LogP contribution is 2.28. The van der Waals surface area contributed by atoms with Crippen molar-refractivity contribution in [2.24, 2.45) is 0 Å². The molecule has 0 saturated carbocycles. The van der Waals surface area contributed by atoms with Crippen molar-refractivity contribution in [3.8, 4) is 5.75 Å². The summed E-state index contributed by atoms with van der Waals surface area (Å²) in [5.41, 5.74) is 1.04. The quantitative estimate of drug-likeness (QED) is 0.841. The Morgan fingerprint density at radius 3 is 2.96 bits per heavy atom. The Kier molecular flexibility index (Phi) is 6.11. The summed E-state index contributed by atoms with van der Waals surface area (Å²) < 4.78 is 11.4. The number of benzene rings is 1. The van der Waals surface area contributed by atoms with E-state index in [1.165, 1.54) is 6.92 Å². The van der Waals surface area contributed by atoms with Crippen LogP contribution in [0.15, 0.2) is 34.9 Å². The molecule has 2 aromatic rings. The van der Waals surface area contributed by atoms with Gasteiger partial charge in [-0.3, -0.25) is 9.59 Å². The first-order valence-corrected chi connectivity index (χ1v) is 9.15. The topological polar surface area (TPSA) is 84.7 Å². The second kappa shape index (κ2) is 8.70. The number of ether oxygens (including phenoxy) is 1. The van der Waals surface area contributed by atoms with E-state index in [1.807, 2.05) is 24.3 Å². The highest BCUT2D eigenvalue weighted by atomic mass is 16.5. The molecule has 1 aromatic heterocycles. The lowest BCUT2D eigenvalue weighted by atomic mass is 9.98. The number of carbonyl (C=O) groups is 2. The molecule has 144 valence electrons. The summed E-state index contributed by atoms with van der Waals surface area (Å²) in [6, 6.07) is 7.83. The first-order valence-electron chi connectivity index (χ1n) is 9.15. The van der Waals surface area contributed by atoms with E-state index in [0.29, 0.717) is 25.4 Å². The maximum atomic E-state index is 12.2. The van der Waals surface area contributed by atoms with Crippen LogP contribution in [0.3, 0.4) is 0 Å². The monoisotopic (exact) mass is 371 g/mol. The van der Waals surface area contributed by atoms with Crippen molar-refractivity contribution in [3.05, 3.63) is 47.7 Å². The SMILES string of the molecule is COc1ccccc1Cc1cnc([C@H]2CCCN(C(=O)CNC(C)=O)C2)o1. The molecule has 1 aliphatic heterocycles. The summed E-state index contributed by atoms with van der Waals surface area (Å²) in [6.07, 6.45) is 4.17. The van der Waals surface area contributed by atoms with Crippen molar-refractivity contribution >= 4 is 11.8 Å². The third kappa shape index (κ3) is 4.87. The minimum atomic E-state index is -0.203. The molecule has 2 amide bonds. The fraction of sp³-hybridized carbons (Fsp3) is 0.450. The molecule has 0 unspecified atom stereocenters. The average Bonchev–Trinajstić information content (AvgIpc) is 3.15. The predicted octanol–water partition coefficient (Wildman–Crippen LogP) is 2.12. The van der Waals surface area contributed by atoms with E-state index in [0.717, 1.165) is 29.9 Å². The molecule has 0 spiro atoms. The van der Waals surface area contributed by atoms with Crippen LogP contribution in [0.5, 0.6) is 5.75 Å². The number of methoxy groups -OCH3 is 1. The number of rotatable bonds is 6. The molecule has 1 atom stereocenters. The maximum absolute atomic E-state index is 12.2. The zero-order chi connectivity index (χ0) is 19.2. The largest absolute Gasteiger partial charge is 0.496 e. The Bertz CT molecular complexity index is 802. The Labute approximate surface area is 158 Å². The highest BCUT2D eigenvalue weighted by molar-refractivity contribution is 5.83. The van der Waals surface area contributed by atoms with Gasteiger partial charge in [-0.1, -0.05) is 18.2 Å². The number of likely N-dealkylation sites (tertiary alicyclic amines) is 1. The van der Waals surface area contributed by atoms with Gasteiger partial charge in [-0.2, -0.15) is 0 Å². The molecule has 1 aliphatic rings. The molecule has 7 heteroatoms. The van der Waals surface area contributed by atoms with Crippen LogP contribution in [-0.4, -0.2) is 48.4 Å². The van der Waals surface area contributed by atoms with E-state index < -0.39 is 0 Å². The van der Waals surface area contributed by atoms with Gasteiger partial charge in [-0.25, -0.2) is 4.98 Å². The standard InChI is InChI=1S/C20H25N3O4/c1-14(24)21-12-19(25)23-9-5-7-16(13-23)20-22-11-17(27-20)10-15-6-3-4-8-18(15)26-2/h3-4,6,8,11,16H,5,7,9-10,12-13H2,1-2H3,(H,21,24)/t16-/m0/s1. The molecule has 1 N–H and O–H groups in total. The summed E-state index contributed by atoms with van der Waals surface area (Å²) in [5, 5.41) is 2.56. The Hall–Kier alpha value is -2.83. The zero-order valence-corrected chi connectivity index (χ0v) is 15.7. The van der Waals surface area contributed by atoms with Gasteiger partial charge in [0.25, 0.3) is 0 Å². The number of nitrogens with one attached hydrogen (secondary N) is 1. The fourth-order valence-electron chi connectivity index (χ4n) is 3.35. The molecule has 1 fully saturated rings. The minimum Gasteiger partial charge on any atom is -0.496 e. The first kappa shape index (κ1) is 18.9. The van der Waals surface area contributed by atoms with Crippen LogP contribution in [0, 0.1) is 0 Å². The summed E-state index contributed by atoms with van der Waals surface area (Å²) >= 11 is 0. The predicted molar refractivity (Wildman–Crippen MR) is 99.5 cm³/mol. The first-order chi connectivity index (χ1) is 13.1. The number of nitrogens with zero attached hydrogens (tertiary/aromatic N) is 2. The van der Waals surface area contributed by atoms with Gasteiger partial charge < -0.3 is 19.4 Å². The number of hydrogen-bond donors (Lipinski definition) is 1. The van der Waals surface area contributed by atoms with E-state index in [1.54, 1.807) is 18.2 Å². The normalized spacial score (nSPS) is 16.8. The molecule has 1 aromatic carbocycles. The van der Waals surface area contributed by atoms with E-state index in [-0.39, 0.29) is 24.3 Å². The van der Waals surface area contributed by atoms with Crippen LogP contribution in [0.25, 0.3) is 0 Å². The van der Waals surface area contributed by atoms with Crippen LogP contribution in [0.4, 0.5) is 0 Å². The summed E-state index contributed by atoms with van der Waals surface area (Å²) in [7, 11) is 1.65. The lowest BCUT2D eigenvalue weighted by molar-refractivity contribution is -0.133. The molecule has 3 rings (SSSR count). The van der Waals surface area contributed by atoms with Gasteiger partial charge in [0.2, 0.25) is 11.8 Å². The number of oxazole rings is 1. The summed E-state index contributed by atoms with van der Waals surface area (Å²) in [5.74, 6) is 2.06. The molecule has 7 nitrogen and oxygen atoms in total. The van der Waals surface area contributed by atoms with Crippen molar-refractivity contribution in [1.82, 2.24) is 15.2 Å². The number of amides is 2. The van der Waals surface area contributed by atoms with E-state index in [9.17, 15) is 9.59 Å². The van der Waals surface area contributed by atoms with Gasteiger partial charge in [0.1, 0.15) is 11.5 Å². The Morgan fingerprint density at radius 1 is 1.37 bits per heavy atom. The second-order valence-corrected chi connectivity index (χ2v) is 6.74. The van der Waals surface area contributed by atoms with Gasteiger partial charge in [0, 0.05) is 32.0 Å². The Morgan fingerprint density at radius 2 is 2.19 bits per heavy atom. The third-order valence-electron chi connectivity index (χ3n) is 4.74. The van der Waals surface area contributed by atoms with E-state index in [4.69, 9.17) is 9.15 Å². The molecular weight excluding hydrogens is 346 g/mol. The molecular formula is C20H25N3O4. The van der Waals surface area contributed by atoms with E-state index >= 15 is 0 Å². The van der Waals surface area contributed by atoms with Crippen LogP contribution >= 0.6 is 0 Å². The van der Waals surface area contributed by atoms with Gasteiger partial charge >= 0.3 is 0 Å². The number of piperidine rings is 1. The smallest absolute Gasteiger partial charge is 0.241 e. The average molecular weight is 371 g/mol. The van der Waals surface area contributed by atoms with Crippen molar-refractivity contribution in [1.29, 1.82) is 0 Å². The second-order valence-electron chi connectivity index (χ2n) is 6.74. The number of aromatic nitrogens is 1. The van der Waals surface area contributed by atoms with Crippen molar-refractivity contribution in [2.75, 3.05) is 26.7 Å². The molecule has 1 saturated heterocycles. The molecule has 2 heterocycles. The lowest BCUT2D eigenvalue weighted by Crippen LogP contribution is -2.44. The Balaban J connectivity index is 1.63. The van der Waals surface area contributed by atoms with Crippen molar-refractivity contribution < 1.29 is 18.7 Å². The zero-order valence-electron chi connectivity index (χ0n) is 15.7. The van der Waals surface area contributed by atoms with Gasteiger partial charge in [-0.15, -0.1) is 0 Å². The van der Waals surface area contributed by atoms with Gasteiger partial charge in [0.05, 0.1) is 25.8 Å². The minimum absolute atomic E-state index is 0.0344. The lowest BCUT2D eigenvalue weighted by Gasteiger charge is -2.31. The highest BCUT2D eigenvalue weighted by Gasteiger charge is 2.27. The molecule has 0 aliphatic carbocycles. The number of carbonyl (C=O) groups excluding carboxylic acids is 2. The maximum Gasteiger partial charge on any atom is 0.241 e. The number of hydrogen-bond acceptors (Lipinski definition) is 5. The van der Waals surface area contributed by atoms with Crippen LogP contribution in [0.1, 0.15) is 42.9 Å². The van der Waals surface area contributed by atoms with Gasteiger partial charge in [-0.05, 0) is 18.9 Å². The van der Waals surface area contributed by atoms with E-state index in [2.05, 4.69) is 10.3 Å². The number of para-hydroxylation sites is 1. The molecule has 0 bridgehead atoms. The summed E-state index contributed by atoms with van der Waals surface area (Å²) in [4.78, 5) is 29.5. The van der Waals surface area contributed by atoms with Crippen molar-refractivity contribution in [2.45, 2.75) is 32.1 Å². The van der Waals surface area contributed by atoms with Crippen LogP contribution in [0.2, 0.25) is 0 Å². The van der Waals surface area contributed by atoms with Crippen LogP contribution < -0.4 is 10.1 Å². The van der Waals surface area contributed by atoms with Crippen molar-refractivity contribution in [3.63, 3.8) is 0 Å².